The van der Waals surface area contributed by atoms with Crippen LogP contribution in [0.1, 0.15) is 13.3 Å². The van der Waals surface area contributed by atoms with Gasteiger partial charge in [0.15, 0.2) is 0 Å². The fourth-order valence-corrected chi connectivity index (χ4v) is 2.34. The molecule has 1 fully saturated rings. The summed E-state index contributed by atoms with van der Waals surface area (Å²) in [5.41, 5.74) is 5.88. The van der Waals surface area contributed by atoms with Gasteiger partial charge in [-0.3, -0.25) is 0 Å². The standard InChI is InChI=1S/C9H20N2O2S/c1-8-7-11(4-3-9(8)10)5-6-14(2,12)13/h8-9H,3-7,10H2,1-2H3. The second-order valence-corrected chi connectivity index (χ2v) is 6.62. The molecule has 1 aliphatic heterocycles. The third kappa shape index (κ3) is 3.94. The van der Waals surface area contributed by atoms with Gasteiger partial charge in [0, 0.05) is 25.4 Å². The van der Waals surface area contributed by atoms with E-state index in [2.05, 4.69) is 11.8 Å². The summed E-state index contributed by atoms with van der Waals surface area (Å²) in [5.74, 6) is 0.734. The maximum Gasteiger partial charge on any atom is 0.148 e. The number of piperidine rings is 1. The van der Waals surface area contributed by atoms with Gasteiger partial charge in [-0.25, -0.2) is 8.42 Å². The lowest BCUT2D eigenvalue weighted by molar-refractivity contribution is 0.173. The highest BCUT2D eigenvalue weighted by Crippen LogP contribution is 2.14. The Kier molecular flexibility index (Phi) is 3.92. The summed E-state index contributed by atoms with van der Waals surface area (Å²) in [6.07, 6.45) is 2.26. The van der Waals surface area contributed by atoms with Crippen LogP contribution in [0.15, 0.2) is 0 Å². The second kappa shape index (κ2) is 4.59. The van der Waals surface area contributed by atoms with Crippen molar-refractivity contribution in [3.05, 3.63) is 0 Å². The molecule has 1 rings (SSSR count). The van der Waals surface area contributed by atoms with E-state index < -0.39 is 9.84 Å². The molecule has 0 saturated carbocycles. The average molecular weight is 220 g/mol. The molecule has 5 heteroatoms. The fourth-order valence-electron chi connectivity index (χ4n) is 1.75. The van der Waals surface area contributed by atoms with E-state index in [1.54, 1.807) is 0 Å². The highest BCUT2D eigenvalue weighted by Gasteiger charge is 2.23. The molecule has 1 aliphatic rings. The van der Waals surface area contributed by atoms with Gasteiger partial charge in [-0.2, -0.15) is 0 Å². The number of nitrogens with two attached hydrogens (primary N) is 1. The molecule has 0 aromatic rings. The first-order valence-corrected chi connectivity index (χ1v) is 7.10. The van der Waals surface area contributed by atoms with Crippen molar-refractivity contribution in [2.75, 3.05) is 31.6 Å². The van der Waals surface area contributed by atoms with Crippen molar-refractivity contribution in [3.63, 3.8) is 0 Å². The van der Waals surface area contributed by atoms with E-state index >= 15 is 0 Å². The Bertz CT molecular complexity index is 277. The first-order valence-electron chi connectivity index (χ1n) is 5.04. The number of sulfone groups is 1. The highest BCUT2D eigenvalue weighted by atomic mass is 32.2. The van der Waals surface area contributed by atoms with Crippen molar-refractivity contribution < 1.29 is 8.42 Å². The summed E-state index contributed by atoms with van der Waals surface area (Å²) < 4.78 is 21.9. The third-order valence-electron chi connectivity index (χ3n) is 2.83. The van der Waals surface area contributed by atoms with Crippen LogP contribution in [-0.4, -0.2) is 51.0 Å². The van der Waals surface area contributed by atoms with E-state index in [0.717, 1.165) is 19.5 Å². The van der Waals surface area contributed by atoms with E-state index in [1.165, 1.54) is 6.26 Å². The van der Waals surface area contributed by atoms with Gasteiger partial charge in [0.25, 0.3) is 0 Å². The van der Waals surface area contributed by atoms with E-state index in [-0.39, 0.29) is 11.8 Å². The molecule has 2 N–H and O–H groups in total. The zero-order valence-corrected chi connectivity index (χ0v) is 9.76. The molecule has 2 atom stereocenters. The summed E-state index contributed by atoms with van der Waals surface area (Å²) in [5, 5.41) is 0. The van der Waals surface area contributed by atoms with Crippen molar-refractivity contribution in [3.8, 4) is 0 Å². The number of hydrogen-bond donors (Lipinski definition) is 1. The first kappa shape index (κ1) is 11.9. The predicted octanol–water partition coefficient (Wildman–Crippen LogP) is -0.300. The lowest BCUT2D eigenvalue weighted by Gasteiger charge is -2.34. The monoisotopic (exact) mass is 220 g/mol. The van der Waals surface area contributed by atoms with Gasteiger partial charge >= 0.3 is 0 Å². The fraction of sp³-hybridized carbons (Fsp3) is 1.00. The Balaban J connectivity index is 2.34. The largest absolute Gasteiger partial charge is 0.327 e. The molecule has 0 amide bonds. The Morgan fingerprint density at radius 1 is 1.50 bits per heavy atom. The summed E-state index contributed by atoms with van der Waals surface area (Å²) >= 11 is 0. The smallest absolute Gasteiger partial charge is 0.148 e. The van der Waals surface area contributed by atoms with Crippen molar-refractivity contribution in [2.45, 2.75) is 19.4 Å². The summed E-state index contributed by atoms with van der Waals surface area (Å²) in [7, 11) is -2.83. The van der Waals surface area contributed by atoms with Crippen LogP contribution in [0.25, 0.3) is 0 Å². The molecule has 0 aromatic heterocycles. The predicted molar refractivity (Wildman–Crippen MR) is 57.9 cm³/mol. The molecule has 0 bridgehead atoms. The summed E-state index contributed by atoms with van der Waals surface area (Å²) in [6, 6.07) is 0.282. The third-order valence-corrected chi connectivity index (χ3v) is 3.76. The molecule has 0 radical (unpaired) electrons. The van der Waals surface area contributed by atoms with Crippen LogP contribution >= 0.6 is 0 Å². The quantitative estimate of drug-likeness (QED) is 0.709. The van der Waals surface area contributed by atoms with Gasteiger partial charge in [-0.1, -0.05) is 6.92 Å². The van der Waals surface area contributed by atoms with Gasteiger partial charge < -0.3 is 10.6 Å². The molecule has 4 nitrogen and oxygen atoms in total. The molecular formula is C9H20N2O2S. The van der Waals surface area contributed by atoms with E-state index in [4.69, 9.17) is 5.73 Å². The SMILES string of the molecule is CC1CN(CCS(C)(=O)=O)CCC1N. The Morgan fingerprint density at radius 3 is 2.64 bits per heavy atom. The van der Waals surface area contributed by atoms with Crippen molar-refractivity contribution in [1.82, 2.24) is 4.90 Å². The number of likely N-dealkylation sites (tertiary alicyclic amines) is 1. The van der Waals surface area contributed by atoms with Gasteiger partial charge in [-0.15, -0.1) is 0 Å². The lowest BCUT2D eigenvalue weighted by atomic mass is 9.95. The van der Waals surface area contributed by atoms with Gasteiger partial charge in [0.2, 0.25) is 0 Å². The average Bonchev–Trinajstić information content (AvgIpc) is 2.06. The highest BCUT2D eigenvalue weighted by molar-refractivity contribution is 7.90. The van der Waals surface area contributed by atoms with E-state index in [9.17, 15) is 8.42 Å². The summed E-state index contributed by atoms with van der Waals surface area (Å²) in [6.45, 7) is 4.63. The van der Waals surface area contributed by atoms with Crippen LogP contribution in [0.3, 0.4) is 0 Å². The molecule has 0 spiro atoms. The molecule has 1 saturated heterocycles. The minimum Gasteiger partial charge on any atom is -0.327 e. The zero-order valence-electron chi connectivity index (χ0n) is 8.94. The minimum atomic E-state index is -2.83. The van der Waals surface area contributed by atoms with Gasteiger partial charge in [0.1, 0.15) is 9.84 Å². The molecular weight excluding hydrogens is 200 g/mol. The van der Waals surface area contributed by atoms with Crippen LogP contribution in [-0.2, 0) is 9.84 Å². The topological polar surface area (TPSA) is 63.4 Å². The van der Waals surface area contributed by atoms with Crippen molar-refractivity contribution in [1.29, 1.82) is 0 Å². The van der Waals surface area contributed by atoms with Crippen molar-refractivity contribution in [2.24, 2.45) is 11.7 Å². The Morgan fingerprint density at radius 2 is 2.14 bits per heavy atom. The lowest BCUT2D eigenvalue weighted by Crippen LogP contribution is -2.47. The molecule has 1 heterocycles. The van der Waals surface area contributed by atoms with Crippen LogP contribution in [0.2, 0.25) is 0 Å². The molecule has 0 aromatic carbocycles. The van der Waals surface area contributed by atoms with Crippen LogP contribution < -0.4 is 5.73 Å². The van der Waals surface area contributed by atoms with E-state index in [0.29, 0.717) is 12.5 Å². The second-order valence-electron chi connectivity index (χ2n) is 4.36. The normalized spacial score (nSPS) is 30.5. The Hall–Kier alpha value is -0.130. The van der Waals surface area contributed by atoms with Gasteiger partial charge in [-0.05, 0) is 18.9 Å². The zero-order chi connectivity index (χ0) is 10.8. The van der Waals surface area contributed by atoms with E-state index in [1.807, 2.05) is 0 Å². The number of rotatable bonds is 3. The van der Waals surface area contributed by atoms with Gasteiger partial charge in [0.05, 0.1) is 5.75 Å². The number of nitrogens with zero attached hydrogens (tertiary/aromatic N) is 1. The van der Waals surface area contributed by atoms with Crippen molar-refractivity contribution >= 4 is 9.84 Å². The maximum absolute atomic E-state index is 11.0. The number of hydrogen-bond acceptors (Lipinski definition) is 4. The molecule has 2 unspecified atom stereocenters. The summed E-state index contributed by atoms with van der Waals surface area (Å²) in [4.78, 5) is 2.19. The molecule has 84 valence electrons. The maximum atomic E-state index is 11.0. The minimum absolute atomic E-state index is 0.259. The van der Waals surface area contributed by atoms with Crippen LogP contribution in [0.4, 0.5) is 0 Å². The molecule has 0 aliphatic carbocycles. The Labute approximate surface area is 86.4 Å². The van der Waals surface area contributed by atoms with Crippen LogP contribution in [0.5, 0.6) is 0 Å². The molecule has 14 heavy (non-hydrogen) atoms. The van der Waals surface area contributed by atoms with Crippen LogP contribution in [0, 0.1) is 5.92 Å². The first-order chi connectivity index (χ1) is 6.38.